The number of amides is 1. The number of likely N-dealkylation sites (tertiary alicyclic amines) is 1. The summed E-state index contributed by atoms with van der Waals surface area (Å²) in [5.41, 5.74) is 2.66. The van der Waals surface area contributed by atoms with E-state index in [0.717, 1.165) is 30.7 Å². The Kier molecular flexibility index (Phi) is 5.63. The molecule has 1 aliphatic heterocycles. The summed E-state index contributed by atoms with van der Waals surface area (Å²) in [7, 11) is 0. The average molecular weight is 355 g/mol. The van der Waals surface area contributed by atoms with Crippen molar-refractivity contribution in [3.63, 3.8) is 0 Å². The topological polar surface area (TPSA) is 32.3 Å². The Bertz CT molecular complexity index is 628. The number of carbonyl (C=O) groups is 1. The second kappa shape index (κ2) is 8.12. The van der Waals surface area contributed by atoms with E-state index >= 15 is 0 Å². The maximum Gasteiger partial charge on any atom is 0.220 e. The van der Waals surface area contributed by atoms with Gasteiger partial charge in [-0.25, -0.2) is 0 Å². The third-order valence-corrected chi connectivity index (χ3v) is 7.06. The Morgan fingerprint density at radius 2 is 2.00 bits per heavy atom. The lowest BCUT2D eigenvalue weighted by atomic mass is 9.86. The second-order valence-electron chi connectivity index (χ2n) is 9.17. The van der Waals surface area contributed by atoms with Crippen LogP contribution < -0.4 is 5.32 Å². The predicted octanol–water partition coefficient (Wildman–Crippen LogP) is 4.36. The molecule has 2 bridgehead atoms. The molecular formula is C23H34N2O. The van der Waals surface area contributed by atoms with Crippen LogP contribution >= 0.6 is 0 Å². The number of rotatable bonds is 6. The van der Waals surface area contributed by atoms with Crippen LogP contribution in [0.1, 0.15) is 63.0 Å². The first kappa shape index (κ1) is 18.0. The molecule has 0 unspecified atom stereocenters. The third kappa shape index (κ3) is 4.31. The summed E-state index contributed by atoms with van der Waals surface area (Å²) in [6.07, 6.45) is 8.86. The van der Waals surface area contributed by atoms with Gasteiger partial charge < -0.3 is 5.32 Å². The summed E-state index contributed by atoms with van der Waals surface area (Å²) in [5, 5.41) is 3.21. The molecule has 142 valence electrons. The zero-order chi connectivity index (χ0) is 17.9. The van der Waals surface area contributed by atoms with Crippen LogP contribution in [0, 0.1) is 23.7 Å². The van der Waals surface area contributed by atoms with E-state index in [1.807, 2.05) is 0 Å². The molecule has 26 heavy (non-hydrogen) atoms. The van der Waals surface area contributed by atoms with Gasteiger partial charge >= 0.3 is 0 Å². The third-order valence-electron chi connectivity index (χ3n) is 7.06. The Hall–Kier alpha value is -1.35. The summed E-state index contributed by atoms with van der Waals surface area (Å²) in [4.78, 5) is 15.0. The molecule has 1 saturated heterocycles. The van der Waals surface area contributed by atoms with E-state index in [9.17, 15) is 4.79 Å². The highest BCUT2D eigenvalue weighted by atomic mass is 16.1. The first-order valence-electron chi connectivity index (χ1n) is 10.7. The fourth-order valence-electron chi connectivity index (χ4n) is 5.69. The van der Waals surface area contributed by atoms with Crippen molar-refractivity contribution in [3.8, 4) is 0 Å². The summed E-state index contributed by atoms with van der Waals surface area (Å²) < 4.78 is 0. The minimum Gasteiger partial charge on any atom is -0.352 e. The highest BCUT2D eigenvalue weighted by Gasteiger charge is 2.40. The standard InChI is InChI=1S/C23H34N2O/c1-17-5-4-10-25(15-17)16-21-7-3-2-6-20(21)14-24-23(26)13-22-12-18-8-9-19(22)11-18/h2-3,6-7,17-19,22H,4-5,8-16H2,1H3,(H,24,26)/t17-,18+,19+,22-/m1/s1. The number of nitrogens with zero attached hydrogens (tertiary/aromatic N) is 1. The van der Waals surface area contributed by atoms with Crippen molar-refractivity contribution >= 4 is 5.91 Å². The lowest BCUT2D eigenvalue weighted by Gasteiger charge is -2.31. The minimum atomic E-state index is 0.254. The van der Waals surface area contributed by atoms with Gasteiger partial charge in [-0.15, -0.1) is 0 Å². The molecule has 4 rings (SSSR count). The highest BCUT2D eigenvalue weighted by Crippen LogP contribution is 2.49. The maximum absolute atomic E-state index is 12.5. The number of carbonyl (C=O) groups excluding carboxylic acids is 1. The molecule has 4 atom stereocenters. The Balaban J connectivity index is 1.29. The Morgan fingerprint density at radius 3 is 2.73 bits per heavy atom. The van der Waals surface area contributed by atoms with Crippen LogP contribution in [0.2, 0.25) is 0 Å². The first-order chi connectivity index (χ1) is 12.7. The van der Waals surface area contributed by atoms with Gasteiger partial charge in [0.05, 0.1) is 0 Å². The van der Waals surface area contributed by atoms with Gasteiger partial charge in [-0.3, -0.25) is 9.69 Å². The van der Waals surface area contributed by atoms with Crippen molar-refractivity contribution in [1.29, 1.82) is 0 Å². The quantitative estimate of drug-likeness (QED) is 0.823. The van der Waals surface area contributed by atoms with E-state index < -0.39 is 0 Å². The highest BCUT2D eigenvalue weighted by molar-refractivity contribution is 5.76. The van der Waals surface area contributed by atoms with Gasteiger partial charge in [-0.1, -0.05) is 37.6 Å². The second-order valence-corrected chi connectivity index (χ2v) is 9.17. The van der Waals surface area contributed by atoms with Crippen LogP contribution in [-0.4, -0.2) is 23.9 Å². The molecule has 1 N–H and O–H groups in total. The van der Waals surface area contributed by atoms with E-state index in [1.54, 1.807) is 0 Å². The summed E-state index contributed by atoms with van der Waals surface area (Å²) in [6, 6.07) is 8.64. The van der Waals surface area contributed by atoms with Crippen molar-refractivity contribution in [1.82, 2.24) is 10.2 Å². The van der Waals surface area contributed by atoms with Crippen molar-refractivity contribution in [2.45, 2.75) is 65.0 Å². The van der Waals surface area contributed by atoms with Crippen LogP contribution in [0.25, 0.3) is 0 Å². The summed E-state index contributed by atoms with van der Waals surface area (Å²) in [5.74, 6) is 3.46. The van der Waals surface area contributed by atoms with Crippen molar-refractivity contribution in [2.75, 3.05) is 13.1 Å². The zero-order valence-corrected chi connectivity index (χ0v) is 16.3. The van der Waals surface area contributed by atoms with Crippen LogP contribution in [0.3, 0.4) is 0 Å². The number of piperidine rings is 1. The van der Waals surface area contributed by atoms with Crippen LogP contribution in [-0.2, 0) is 17.9 Å². The smallest absolute Gasteiger partial charge is 0.220 e. The average Bonchev–Trinajstić information content (AvgIpc) is 3.24. The molecule has 1 amide bonds. The molecule has 2 saturated carbocycles. The van der Waals surface area contributed by atoms with Gasteiger partial charge in [0.15, 0.2) is 0 Å². The van der Waals surface area contributed by atoms with Gasteiger partial charge in [-0.05, 0) is 73.4 Å². The molecule has 3 heteroatoms. The van der Waals surface area contributed by atoms with E-state index in [1.165, 1.54) is 62.7 Å². The Morgan fingerprint density at radius 1 is 1.15 bits per heavy atom. The van der Waals surface area contributed by atoms with E-state index in [4.69, 9.17) is 0 Å². The molecule has 0 spiro atoms. The van der Waals surface area contributed by atoms with Gasteiger partial charge in [0.25, 0.3) is 0 Å². The molecule has 1 aromatic carbocycles. The molecule has 0 aromatic heterocycles. The molecular weight excluding hydrogens is 320 g/mol. The van der Waals surface area contributed by atoms with Gasteiger partial charge in [0.1, 0.15) is 0 Å². The molecule has 2 aliphatic carbocycles. The van der Waals surface area contributed by atoms with Crippen molar-refractivity contribution in [2.24, 2.45) is 23.7 Å². The molecule has 1 heterocycles. The SMILES string of the molecule is C[C@@H]1CCCN(Cc2ccccc2CNC(=O)C[C@H]2C[C@H]3CC[C@H]2C3)C1. The van der Waals surface area contributed by atoms with Crippen LogP contribution in [0.15, 0.2) is 24.3 Å². The maximum atomic E-state index is 12.5. The van der Waals surface area contributed by atoms with Crippen LogP contribution in [0.5, 0.6) is 0 Å². The molecule has 1 aromatic rings. The first-order valence-corrected chi connectivity index (χ1v) is 10.7. The van der Waals surface area contributed by atoms with E-state index in [2.05, 4.69) is 41.4 Å². The number of hydrogen-bond acceptors (Lipinski definition) is 2. The lowest BCUT2D eigenvalue weighted by Crippen LogP contribution is -2.34. The fraction of sp³-hybridized carbons (Fsp3) is 0.696. The number of hydrogen-bond donors (Lipinski definition) is 1. The summed E-state index contributed by atoms with van der Waals surface area (Å²) >= 11 is 0. The van der Waals surface area contributed by atoms with Crippen LogP contribution in [0.4, 0.5) is 0 Å². The normalized spacial score (nSPS) is 31.3. The lowest BCUT2D eigenvalue weighted by molar-refractivity contribution is -0.122. The molecule has 0 radical (unpaired) electrons. The number of fused-ring (bicyclic) bond motifs is 2. The summed E-state index contributed by atoms with van der Waals surface area (Å²) in [6.45, 7) is 6.45. The minimum absolute atomic E-state index is 0.254. The largest absolute Gasteiger partial charge is 0.352 e. The van der Waals surface area contributed by atoms with Gasteiger partial charge in [0, 0.05) is 26.1 Å². The van der Waals surface area contributed by atoms with Crippen molar-refractivity contribution in [3.05, 3.63) is 35.4 Å². The fourth-order valence-corrected chi connectivity index (χ4v) is 5.69. The molecule has 3 nitrogen and oxygen atoms in total. The van der Waals surface area contributed by atoms with Gasteiger partial charge in [-0.2, -0.15) is 0 Å². The van der Waals surface area contributed by atoms with Gasteiger partial charge in [0.2, 0.25) is 5.91 Å². The van der Waals surface area contributed by atoms with E-state index in [0.29, 0.717) is 12.5 Å². The number of benzene rings is 1. The Labute approximate surface area is 158 Å². The predicted molar refractivity (Wildman–Crippen MR) is 106 cm³/mol. The van der Waals surface area contributed by atoms with E-state index in [-0.39, 0.29) is 5.91 Å². The monoisotopic (exact) mass is 354 g/mol. The number of nitrogens with one attached hydrogen (secondary N) is 1. The molecule has 3 aliphatic rings. The molecule has 3 fully saturated rings. The zero-order valence-electron chi connectivity index (χ0n) is 16.3. The van der Waals surface area contributed by atoms with Crippen molar-refractivity contribution < 1.29 is 4.79 Å².